The fourth-order valence-corrected chi connectivity index (χ4v) is 2.07. The normalized spacial score (nSPS) is 12.5. The molecule has 0 aliphatic carbocycles. The molecule has 0 saturated carbocycles. The van der Waals surface area contributed by atoms with Crippen LogP contribution in [0.3, 0.4) is 0 Å². The topological polar surface area (TPSA) is 38.3 Å². The Morgan fingerprint density at radius 2 is 2.47 bits per heavy atom. The Morgan fingerprint density at radius 1 is 1.73 bits per heavy atom. The Hall–Kier alpha value is -0.580. The summed E-state index contributed by atoms with van der Waals surface area (Å²) in [6, 6.07) is 1.60. The molecule has 0 amide bonds. The monoisotopic (exact) mass is 247 g/mol. The van der Waals surface area contributed by atoms with Gasteiger partial charge in [-0.15, -0.1) is 11.3 Å². The van der Waals surface area contributed by atoms with Gasteiger partial charge in [0.15, 0.2) is 0 Å². The molecule has 0 bridgehead atoms. The molecule has 84 valence electrons. The number of carbonyl (C=O) groups excluding carboxylic acids is 1. The number of halogens is 1. The third-order valence-corrected chi connectivity index (χ3v) is 3.13. The van der Waals surface area contributed by atoms with E-state index in [2.05, 4.69) is 5.32 Å². The molecule has 1 unspecified atom stereocenters. The van der Waals surface area contributed by atoms with Crippen molar-refractivity contribution in [1.29, 1.82) is 0 Å². The summed E-state index contributed by atoms with van der Waals surface area (Å²) >= 11 is 7.35. The first-order valence-corrected chi connectivity index (χ1v) is 6.02. The Kier molecular flexibility index (Phi) is 5.08. The number of hydrogen-bond acceptors (Lipinski definition) is 4. The molecule has 0 saturated heterocycles. The van der Waals surface area contributed by atoms with E-state index >= 15 is 0 Å². The van der Waals surface area contributed by atoms with Crippen LogP contribution < -0.4 is 5.32 Å². The summed E-state index contributed by atoms with van der Waals surface area (Å²) in [7, 11) is 0. The first-order chi connectivity index (χ1) is 7.13. The molecular weight excluding hydrogens is 234 g/mol. The van der Waals surface area contributed by atoms with Crippen molar-refractivity contribution < 1.29 is 9.53 Å². The van der Waals surface area contributed by atoms with Gasteiger partial charge in [-0.05, 0) is 19.9 Å². The smallest absolute Gasteiger partial charge is 0.322 e. The van der Waals surface area contributed by atoms with E-state index in [4.69, 9.17) is 16.3 Å². The van der Waals surface area contributed by atoms with E-state index in [1.54, 1.807) is 25.2 Å². The molecule has 0 radical (unpaired) electrons. The second kappa shape index (κ2) is 6.10. The van der Waals surface area contributed by atoms with Crippen LogP contribution in [0.5, 0.6) is 0 Å². The molecular formula is C10H14ClNO2S. The SMILES string of the molecule is CCOC(=O)C(C)NCc1cc(Cl)cs1. The number of carbonyl (C=O) groups is 1. The molecule has 1 heterocycles. The standard InChI is InChI=1S/C10H14ClNO2S/c1-3-14-10(13)7(2)12-5-9-4-8(11)6-15-9/h4,6-7,12H,3,5H2,1-2H3. The van der Waals surface area contributed by atoms with Crippen molar-refractivity contribution in [2.24, 2.45) is 0 Å². The molecule has 0 aliphatic heterocycles. The van der Waals surface area contributed by atoms with E-state index in [1.165, 1.54) is 0 Å². The highest BCUT2D eigenvalue weighted by atomic mass is 35.5. The maximum Gasteiger partial charge on any atom is 0.322 e. The van der Waals surface area contributed by atoms with E-state index < -0.39 is 0 Å². The molecule has 1 aromatic heterocycles. The maximum atomic E-state index is 11.3. The van der Waals surface area contributed by atoms with Crippen molar-refractivity contribution in [3.05, 3.63) is 21.3 Å². The number of esters is 1. The zero-order valence-corrected chi connectivity index (χ0v) is 10.3. The van der Waals surface area contributed by atoms with Crippen molar-refractivity contribution in [1.82, 2.24) is 5.32 Å². The van der Waals surface area contributed by atoms with Gasteiger partial charge in [0, 0.05) is 16.8 Å². The average Bonchev–Trinajstić information content (AvgIpc) is 2.61. The van der Waals surface area contributed by atoms with Gasteiger partial charge in [0.05, 0.1) is 11.6 Å². The highest BCUT2D eigenvalue weighted by Gasteiger charge is 2.12. The highest BCUT2D eigenvalue weighted by Crippen LogP contribution is 2.18. The van der Waals surface area contributed by atoms with Gasteiger partial charge in [-0.2, -0.15) is 0 Å². The molecule has 1 aromatic rings. The van der Waals surface area contributed by atoms with Gasteiger partial charge in [-0.1, -0.05) is 11.6 Å². The fraction of sp³-hybridized carbons (Fsp3) is 0.500. The predicted octanol–water partition coefficient (Wildman–Crippen LogP) is 2.44. The van der Waals surface area contributed by atoms with Crippen LogP contribution in [0, 0.1) is 0 Å². The van der Waals surface area contributed by atoms with E-state index in [0.717, 1.165) is 9.90 Å². The summed E-state index contributed by atoms with van der Waals surface area (Å²) in [4.78, 5) is 12.4. The molecule has 1 N–H and O–H groups in total. The summed E-state index contributed by atoms with van der Waals surface area (Å²) < 4.78 is 4.87. The van der Waals surface area contributed by atoms with Crippen molar-refractivity contribution in [3.63, 3.8) is 0 Å². The molecule has 3 nitrogen and oxygen atoms in total. The van der Waals surface area contributed by atoms with Gasteiger partial charge in [-0.25, -0.2) is 0 Å². The Labute approximate surface area is 98.4 Å². The van der Waals surface area contributed by atoms with E-state index in [0.29, 0.717) is 13.2 Å². The van der Waals surface area contributed by atoms with Gasteiger partial charge in [0.1, 0.15) is 6.04 Å². The first kappa shape index (κ1) is 12.5. The van der Waals surface area contributed by atoms with E-state index in [9.17, 15) is 4.79 Å². The maximum absolute atomic E-state index is 11.3. The molecule has 15 heavy (non-hydrogen) atoms. The third kappa shape index (κ3) is 4.20. The number of nitrogens with one attached hydrogen (secondary N) is 1. The molecule has 5 heteroatoms. The van der Waals surface area contributed by atoms with Crippen LogP contribution >= 0.6 is 22.9 Å². The predicted molar refractivity (Wildman–Crippen MR) is 62.3 cm³/mol. The van der Waals surface area contributed by atoms with Crippen molar-refractivity contribution in [2.45, 2.75) is 26.4 Å². The Morgan fingerprint density at radius 3 is 3.00 bits per heavy atom. The zero-order chi connectivity index (χ0) is 11.3. The molecule has 0 aromatic carbocycles. The summed E-state index contributed by atoms with van der Waals surface area (Å²) in [6.07, 6.45) is 0. The second-order valence-corrected chi connectivity index (χ2v) is 4.52. The minimum absolute atomic E-state index is 0.222. The molecule has 0 spiro atoms. The summed E-state index contributed by atoms with van der Waals surface area (Å²) in [5.41, 5.74) is 0. The number of rotatable bonds is 5. The molecule has 1 rings (SSSR count). The fourth-order valence-electron chi connectivity index (χ4n) is 1.05. The highest BCUT2D eigenvalue weighted by molar-refractivity contribution is 7.10. The largest absolute Gasteiger partial charge is 0.465 e. The average molecular weight is 248 g/mol. The van der Waals surface area contributed by atoms with Gasteiger partial charge in [-0.3, -0.25) is 10.1 Å². The van der Waals surface area contributed by atoms with Crippen molar-refractivity contribution in [3.8, 4) is 0 Å². The molecule has 0 fully saturated rings. The number of ether oxygens (including phenoxy) is 1. The van der Waals surface area contributed by atoms with Crippen LogP contribution in [0.15, 0.2) is 11.4 Å². The van der Waals surface area contributed by atoms with Crippen LogP contribution in [0.2, 0.25) is 5.02 Å². The number of thiophene rings is 1. The lowest BCUT2D eigenvalue weighted by Crippen LogP contribution is -2.34. The molecule has 0 aliphatic rings. The molecule has 1 atom stereocenters. The quantitative estimate of drug-likeness (QED) is 0.813. The lowest BCUT2D eigenvalue weighted by Gasteiger charge is -2.11. The minimum atomic E-state index is -0.286. The Bertz CT molecular complexity index is 327. The van der Waals surface area contributed by atoms with Gasteiger partial charge < -0.3 is 4.74 Å². The minimum Gasteiger partial charge on any atom is -0.465 e. The number of hydrogen-bond donors (Lipinski definition) is 1. The van der Waals surface area contributed by atoms with Crippen LogP contribution in [0.1, 0.15) is 18.7 Å². The lowest BCUT2D eigenvalue weighted by molar-refractivity contribution is -0.145. The van der Waals surface area contributed by atoms with Crippen molar-refractivity contribution in [2.75, 3.05) is 6.61 Å². The third-order valence-electron chi connectivity index (χ3n) is 1.84. The summed E-state index contributed by atoms with van der Waals surface area (Å²) in [5, 5.41) is 5.68. The van der Waals surface area contributed by atoms with Crippen LogP contribution in [-0.4, -0.2) is 18.6 Å². The van der Waals surface area contributed by atoms with Crippen molar-refractivity contribution >= 4 is 28.9 Å². The van der Waals surface area contributed by atoms with Gasteiger partial charge in [0.25, 0.3) is 0 Å². The zero-order valence-electron chi connectivity index (χ0n) is 8.75. The van der Waals surface area contributed by atoms with E-state index in [-0.39, 0.29) is 12.0 Å². The van der Waals surface area contributed by atoms with Gasteiger partial charge in [0.2, 0.25) is 0 Å². The van der Waals surface area contributed by atoms with Gasteiger partial charge >= 0.3 is 5.97 Å². The van der Waals surface area contributed by atoms with E-state index in [1.807, 2.05) is 11.4 Å². The van der Waals surface area contributed by atoms with Crippen LogP contribution in [0.25, 0.3) is 0 Å². The first-order valence-electron chi connectivity index (χ1n) is 4.76. The second-order valence-electron chi connectivity index (χ2n) is 3.09. The lowest BCUT2D eigenvalue weighted by atomic mass is 10.3. The summed E-state index contributed by atoms with van der Waals surface area (Å²) in [6.45, 7) is 4.63. The van der Waals surface area contributed by atoms with Crippen LogP contribution in [-0.2, 0) is 16.1 Å². The van der Waals surface area contributed by atoms with Crippen LogP contribution in [0.4, 0.5) is 0 Å². The summed E-state index contributed by atoms with van der Waals surface area (Å²) in [5.74, 6) is -0.222. The Balaban J connectivity index is 2.33.